The molecular formula is C9H9ClN2O3. The first kappa shape index (κ1) is 11.3. The molecule has 0 spiro atoms. The van der Waals surface area contributed by atoms with Crippen molar-refractivity contribution in [2.24, 2.45) is 0 Å². The zero-order valence-corrected chi connectivity index (χ0v) is 8.68. The SMILES string of the molecule is COc1cccc2c(=O)[nH]c(=O)[nH]c12.Cl. The topological polar surface area (TPSA) is 75.0 Å². The Morgan fingerprint density at radius 2 is 1.93 bits per heavy atom. The number of hydrogen-bond donors (Lipinski definition) is 2. The number of rotatable bonds is 1. The molecule has 1 aromatic heterocycles. The van der Waals surface area contributed by atoms with Gasteiger partial charge in [-0.15, -0.1) is 12.4 Å². The largest absolute Gasteiger partial charge is 0.495 e. The number of aromatic amines is 2. The second-order valence-corrected chi connectivity index (χ2v) is 2.79. The van der Waals surface area contributed by atoms with Crippen molar-refractivity contribution in [1.82, 2.24) is 9.97 Å². The number of ether oxygens (including phenoxy) is 1. The van der Waals surface area contributed by atoms with Gasteiger partial charge >= 0.3 is 5.69 Å². The fourth-order valence-corrected chi connectivity index (χ4v) is 1.33. The Morgan fingerprint density at radius 3 is 2.60 bits per heavy atom. The average molecular weight is 229 g/mol. The molecule has 15 heavy (non-hydrogen) atoms. The van der Waals surface area contributed by atoms with Crippen LogP contribution in [-0.2, 0) is 0 Å². The normalized spacial score (nSPS) is 9.67. The third-order valence-electron chi connectivity index (χ3n) is 1.96. The van der Waals surface area contributed by atoms with E-state index in [1.807, 2.05) is 0 Å². The number of halogens is 1. The zero-order valence-electron chi connectivity index (χ0n) is 7.87. The van der Waals surface area contributed by atoms with Crippen molar-refractivity contribution in [3.05, 3.63) is 39.0 Å². The lowest BCUT2D eigenvalue weighted by molar-refractivity contribution is 0.418. The van der Waals surface area contributed by atoms with Crippen LogP contribution in [0.2, 0.25) is 0 Å². The maximum atomic E-state index is 11.3. The zero-order chi connectivity index (χ0) is 10.1. The van der Waals surface area contributed by atoms with Gasteiger partial charge in [-0.3, -0.25) is 9.78 Å². The van der Waals surface area contributed by atoms with Crippen LogP contribution >= 0.6 is 12.4 Å². The molecule has 0 radical (unpaired) electrons. The van der Waals surface area contributed by atoms with Crippen molar-refractivity contribution in [3.8, 4) is 5.75 Å². The van der Waals surface area contributed by atoms with Crippen LogP contribution in [0.5, 0.6) is 5.75 Å². The highest BCUT2D eigenvalue weighted by Gasteiger charge is 2.04. The van der Waals surface area contributed by atoms with Crippen molar-refractivity contribution in [2.75, 3.05) is 7.11 Å². The molecule has 80 valence electrons. The second kappa shape index (κ2) is 4.18. The molecule has 2 aromatic rings. The van der Waals surface area contributed by atoms with E-state index in [4.69, 9.17) is 4.74 Å². The first-order valence-corrected chi connectivity index (χ1v) is 4.01. The van der Waals surface area contributed by atoms with Gasteiger partial charge in [0.2, 0.25) is 0 Å². The molecule has 0 saturated heterocycles. The van der Waals surface area contributed by atoms with Gasteiger partial charge in [0.25, 0.3) is 5.56 Å². The van der Waals surface area contributed by atoms with Gasteiger partial charge in [0, 0.05) is 0 Å². The first-order chi connectivity index (χ1) is 6.72. The molecule has 2 rings (SSSR count). The molecule has 0 aliphatic heterocycles. The van der Waals surface area contributed by atoms with E-state index in [9.17, 15) is 9.59 Å². The lowest BCUT2D eigenvalue weighted by Crippen LogP contribution is -2.21. The third kappa shape index (κ3) is 1.87. The number of nitrogens with one attached hydrogen (secondary N) is 2. The lowest BCUT2D eigenvalue weighted by atomic mass is 10.2. The number of hydrogen-bond acceptors (Lipinski definition) is 3. The van der Waals surface area contributed by atoms with Gasteiger partial charge in [0.15, 0.2) is 0 Å². The summed E-state index contributed by atoms with van der Waals surface area (Å²) in [7, 11) is 1.48. The van der Waals surface area contributed by atoms with Crippen LogP contribution in [0.3, 0.4) is 0 Å². The molecule has 5 nitrogen and oxygen atoms in total. The minimum atomic E-state index is -0.535. The summed E-state index contributed by atoms with van der Waals surface area (Å²) in [6.07, 6.45) is 0. The standard InChI is InChI=1S/C9H8N2O3.ClH/c1-14-6-4-2-3-5-7(6)10-9(13)11-8(5)12;/h2-4H,1H3,(H2,10,11,12,13);1H. The Balaban J connectivity index is 0.00000112. The third-order valence-corrected chi connectivity index (χ3v) is 1.96. The maximum Gasteiger partial charge on any atom is 0.326 e. The van der Waals surface area contributed by atoms with E-state index in [1.54, 1.807) is 18.2 Å². The van der Waals surface area contributed by atoms with Gasteiger partial charge in [0.05, 0.1) is 18.0 Å². The summed E-state index contributed by atoms with van der Waals surface area (Å²) in [6.45, 7) is 0. The van der Waals surface area contributed by atoms with Crippen LogP contribution in [0.1, 0.15) is 0 Å². The smallest absolute Gasteiger partial charge is 0.326 e. The number of para-hydroxylation sites is 1. The molecule has 0 aliphatic rings. The summed E-state index contributed by atoms with van der Waals surface area (Å²) >= 11 is 0. The van der Waals surface area contributed by atoms with Crippen molar-refractivity contribution in [1.29, 1.82) is 0 Å². The van der Waals surface area contributed by atoms with E-state index in [0.717, 1.165) is 0 Å². The van der Waals surface area contributed by atoms with E-state index in [1.165, 1.54) is 7.11 Å². The number of benzene rings is 1. The van der Waals surface area contributed by atoms with E-state index in [2.05, 4.69) is 9.97 Å². The lowest BCUT2D eigenvalue weighted by Gasteiger charge is -2.02. The van der Waals surface area contributed by atoms with Crippen LogP contribution in [0.15, 0.2) is 27.8 Å². The van der Waals surface area contributed by atoms with Gasteiger partial charge in [0.1, 0.15) is 5.75 Å². The molecule has 1 aromatic carbocycles. The molecule has 6 heteroatoms. The van der Waals surface area contributed by atoms with Crippen molar-refractivity contribution in [3.63, 3.8) is 0 Å². The number of H-pyrrole nitrogens is 2. The molecule has 0 bridgehead atoms. The van der Waals surface area contributed by atoms with Crippen molar-refractivity contribution in [2.45, 2.75) is 0 Å². The van der Waals surface area contributed by atoms with Crippen LogP contribution in [0, 0.1) is 0 Å². The van der Waals surface area contributed by atoms with Gasteiger partial charge in [-0.25, -0.2) is 4.79 Å². The predicted molar refractivity (Wildman–Crippen MR) is 59.0 cm³/mol. The Morgan fingerprint density at radius 1 is 1.20 bits per heavy atom. The van der Waals surface area contributed by atoms with Crippen LogP contribution in [0.25, 0.3) is 10.9 Å². The summed E-state index contributed by atoms with van der Waals surface area (Å²) in [4.78, 5) is 27.0. The minimum Gasteiger partial charge on any atom is -0.495 e. The highest BCUT2D eigenvalue weighted by atomic mass is 35.5. The molecule has 0 atom stereocenters. The Hall–Kier alpha value is -1.75. The Bertz CT molecular complexity index is 588. The van der Waals surface area contributed by atoms with Gasteiger partial charge in [-0.05, 0) is 12.1 Å². The second-order valence-electron chi connectivity index (χ2n) is 2.79. The quantitative estimate of drug-likeness (QED) is 0.753. The van der Waals surface area contributed by atoms with Gasteiger partial charge in [-0.1, -0.05) is 6.07 Å². The molecule has 0 amide bonds. The highest BCUT2D eigenvalue weighted by molar-refractivity contribution is 5.85. The van der Waals surface area contributed by atoms with Crippen LogP contribution in [-0.4, -0.2) is 17.1 Å². The summed E-state index contributed by atoms with van der Waals surface area (Å²) in [5, 5.41) is 0.406. The predicted octanol–water partition coefficient (Wildman–Crippen LogP) is 0.647. The fraction of sp³-hybridized carbons (Fsp3) is 0.111. The highest BCUT2D eigenvalue weighted by Crippen LogP contribution is 2.18. The van der Waals surface area contributed by atoms with E-state index in [-0.39, 0.29) is 12.4 Å². The molecule has 0 aliphatic carbocycles. The van der Waals surface area contributed by atoms with Crippen LogP contribution in [0.4, 0.5) is 0 Å². The molecule has 2 N–H and O–H groups in total. The summed E-state index contributed by atoms with van der Waals surface area (Å²) in [5.41, 5.74) is -0.529. The summed E-state index contributed by atoms with van der Waals surface area (Å²) < 4.78 is 5.01. The number of aromatic nitrogens is 2. The maximum absolute atomic E-state index is 11.3. The Kier molecular flexibility index (Phi) is 3.16. The summed E-state index contributed by atoms with van der Waals surface area (Å²) in [5.74, 6) is 0.478. The van der Waals surface area contributed by atoms with Crippen molar-refractivity contribution < 1.29 is 4.74 Å². The molecule has 1 heterocycles. The van der Waals surface area contributed by atoms with Crippen LogP contribution < -0.4 is 16.0 Å². The molecule has 0 unspecified atom stereocenters. The van der Waals surface area contributed by atoms with Gasteiger partial charge in [-0.2, -0.15) is 0 Å². The number of methoxy groups -OCH3 is 1. The van der Waals surface area contributed by atoms with E-state index in [0.29, 0.717) is 16.7 Å². The Labute approximate surface area is 90.5 Å². The average Bonchev–Trinajstić information content (AvgIpc) is 2.17. The van der Waals surface area contributed by atoms with Crippen molar-refractivity contribution >= 4 is 23.3 Å². The van der Waals surface area contributed by atoms with E-state index >= 15 is 0 Å². The molecular weight excluding hydrogens is 220 g/mol. The van der Waals surface area contributed by atoms with E-state index < -0.39 is 11.2 Å². The monoisotopic (exact) mass is 228 g/mol. The molecule has 0 fully saturated rings. The van der Waals surface area contributed by atoms with Gasteiger partial charge < -0.3 is 9.72 Å². The number of fused-ring (bicyclic) bond motifs is 1. The molecule has 0 saturated carbocycles. The minimum absolute atomic E-state index is 0. The first-order valence-electron chi connectivity index (χ1n) is 4.01. The fourth-order valence-electron chi connectivity index (χ4n) is 1.33. The summed E-state index contributed by atoms with van der Waals surface area (Å²) in [6, 6.07) is 4.99.